The van der Waals surface area contributed by atoms with Gasteiger partial charge >= 0.3 is 5.97 Å². The lowest BCUT2D eigenvalue weighted by molar-refractivity contribution is -0.146. The van der Waals surface area contributed by atoms with E-state index in [2.05, 4.69) is 0 Å². The van der Waals surface area contributed by atoms with E-state index in [9.17, 15) is 13.6 Å². The van der Waals surface area contributed by atoms with Crippen molar-refractivity contribution in [1.82, 2.24) is 0 Å². The summed E-state index contributed by atoms with van der Waals surface area (Å²) in [6, 6.07) is 4.93. The van der Waals surface area contributed by atoms with Crippen molar-refractivity contribution < 1.29 is 18.7 Å². The molecule has 0 aliphatic heterocycles. The Hall–Kier alpha value is -1.45. The molecule has 2 unspecified atom stereocenters. The van der Waals surface area contributed by atoms with Gasteiger partial charge in [0.15, 0.2) is 0 Å². The number of hydrogen-bond acceptors (Lipinski definition) is 1. The van der Waals surface area contributed by atoms with Crippen molar-refractivity contribution >= 4 is 5.97 Å². The molecule has 0 aliphatic carbocycles. The number of carbonyl (C=O) groups is 1. The molecule has 4 heteroatoms. The van der Waals surface area contributed by atoms with Crippen LogP contribution in [0.4, 0.5) is 8.78 Å². The van der Waals surface area contributed by atoms with Gasteiger partial charge in [-0.15, -0.1) is 0 Å². The normalized spacial score (nSPS) is 16.8. The van der Waals surface area contributed by atoms with Crippen LogP contribution in [0.2, 0.25) is 0 Å². The Morgan fingerprint density at radius 2 is 2.13 bits per heavy atom. The summed E-state index contributed by atoms with van der Waals surface area (Å²) in [6.07, 6.45) is 0. The Morgan fingerprint density at radius 3 is 2.60 bits per heavy atom. The summed E-state index contributed by atoms with van der Waals surface area (Å²) in [6.45, 7) is 2.40. The molecule has 0 heterocycles. The van der Waals surface area contributed by atoms with Crippen molar-refractivity contribution in [3.05, 3.63) is 35.6 Å². The maximum Gasteiger partial charge on any atom is 0.309 e. The van der Waals surface area contributed by atoms with Crippen molar-refractivity contribution in [3.8, 4) is 0 Å². The third-order valence-corrected chi connectivity index (χ3v) is 2.57. The molecule has 0 fully saturated rings. The minimum atomic E-state index is -2.08. The second-order valence-corrected chi connectivity index (χ2v) is 3.65. The SMILES string of the molecule is CC(C(=O)O)C(C)(F)c1cccc(F)c1. The molecule has 2 nitrogen and oxygen atoms in total. The molecular weight excluding hydrogens is 202 g/mol. The highest BCUT2D eigenvalue weighted by atomic mass is 19.1. The van der Waals surface area contributed by atoms with Gasteiger partial charge in [0.2, 0.25) is 0 Å². The predicted octanol–water partition coefficient (Wildman–Crippen LogP) is 2.73. The van der Waals surface area contributed by atoms with Gasteiger partial charge in [-0.1, -0.05) is 12.1 Å². The summed E-state index contributed by atoms with van der Waals surface area (Å²) in [5.74, 6) is -3.04. The van der Waals surface area contributed by atoms with Crippen molar-refractivity contribution in [2.75, 3.05) is 0 Å². The molecule has 0 bridgehead atoms. The Bertz CT molecular complexity index is 375. The zero-order valence-electron chi connectivity index (χ0n) is 8.50. The smallest absolute Gasteiger partial charge is 0.309 e. The topological polar surface area (TPSA) is 37.3 Å². The molecule has 2 atom stereocenters. The number of carboxylic acids is 1. The van der Waals surface area contributed by atoms with Crippen LogP contribution in [0.3, 0.4) is 0 Å². The summed E-state index contributed by atoms with van der Waals surface area (Å²) in [7, 11) is 0. The first kappa shape index (κ1) is 11.6. The molecule has 1 rings (SSSR count). The second kappa shape index (κ2) is 3.96. The number of halogens is 2. The molecule has 0 spiro atoms. The van der Waals surface area contributed by atoms with Gasteiger partial charge in [-0.05, 0) is 31.5 Å². The van der Waals surface area contributed by atoms with E-state index >= 15 is 0 Å². The zero-order valence-corrected chi connectivity index (χ0v) is 8.50. The lowest BCUT2D eigenvalue weighted by Crippen LogP contribution is -2.31. The van der Waals surface area contributed by atoms with E-state index in [-0.39, 0.29) is 5.56 Å². The molecule has 0 amide bonds. The zero-order chi connectivity index (χ0) is 11.6. The van der Waals surface area contributed by atoms with Crippen LogP contribution in [0.1, 0.15) is 19.4 Å². The van der Waals surface area contributed by atoms with Crippen LogP contribution in [-0.4, -0.2) is 11.1 Å². The molecular formula is C11H12F2O2. The van der Waals surface area contributed by atoms with E-state index in [1.807, 2.05) is 0 Å². The first-order chi connectivity index (χ1) is 6.85. The van der Waals surface area contributed by atoms with Crippen molar-refractivity contribution in [2.24, 2.45) is 5.92 Å². The summed E-state index contributed by atoms with van der Waals surface area (Å²) >= 11 is 0. The van der Waals surface area contributed by atoms with E-state index in [4.69, 9.17) is 5.11 Å². The fraction of sp³-hybridized carbons (Fsp3) is 0.364. The van der Waals surface area contributed by atoms with Crippen molar-refractivity contribution in [3.63, 3.8) is 0 Å². The molecule has 15 heavy (non-hydrogen) atoms. The maximum atomic E-state index is 14.1. The predicted molar refractivity (Wildman–Crippen MR) is 51.7 cm³/mol. The fourth-order valence-electron chi connectivity index (χ4n) is 1.27. The number of carboxylic acid groups (broad SMARTS) is 1. The molecule has 1 aromatic carbocycles. The minimum absolute atomic E-state index is 0.0393. The minimum Gasteiger partial charge on any atom is -0.481 e. The fourth-order valence-corrected chi connectivity index (χ4v) is 1.27. The third kappa shape index (κ3) is 2.32. The average Bonchev–Trinajstić information content (AvgIpc) is 2.16. The highest BCUT2D eigenvalue weighted by molar-refractivity contribution is 5.71. The summed E-state index contributed by atoms with van der Waals surface area (Å²) in [5, 5.41) is 8.71. The number of rotatable bonds is 3. The molecule has 0 saturated heterocycles. The van der Waals surface area contributed by atoms with Crippen LogP contribution in [0.5, 0.6) is 0 Å². The van der Waals surface area contributed by atoms with E-state index in [0.717, 1.165) is 13.0 Å². The number of benzene rings is 1. The maximum absolute atomic E-state index is 14.1. The first-order valence-corrected chi connectivity index (χ1v) is 4.53. The molecule has 82 valence electrons. The van der Waals surface area contributed by atoms with Crippen molar-refractivity contribution in [1.29, 1.82) is 0 Å². The lowest BCUT2D eigenvalue weighted by atomic mass is 9.86. The highest BCUT2D eigenvalue weighted by Crippen LogP contribution is 2.34. The first-order valence-electron chi connectivity index (χ1n) is 4.53. The van der Waals surface area contributed by atoms with Crippen LogP contribution < -0.4 is 0 Å². The van der Waals surface area contributed by atoms with Crippen LogP contribution in [0.25, 0.3) is 0 Å². The molecule has 1 aromatic rings. The Kier molecular flexibility index (Phi) is 3.07. The monoisotopic (exact) mass is 214 g/mol. The van der Waals surface area contributed by atoms with Gasteiger partial charge in [-0.25, -0.2) is 8.78 Å². The summed E-state index contributed by atoms with van der Waals surface area (Å²) in [5.41, 5.74) is -2.04. The number of aliphatic carboxylic acids is 1. The van der Waals surface area contributed by atoms with Crippen LogP contribution in [0, 0.1) is 11.7 Å². The van der Waals surface area contributed by atoms with Gasteiger partial charge < -0.3 is 5.11 Å². The average molecular weight is 214 g/mol. The Labute approximate surface area is 86.5 Å². The van der Waals surface area contributed by atoms with Gasteiger partial charge in [0, 0.05) is 0 Å². The van der Waals surface area contributed by atoms with Gasteiger partial charge in [-0.2, -0.15) is 0 Å². The summed E-state index contributed by atoms with van der Waals surface area (Å²) in [4.78, 5) is 10.7. The number of alkyl halides is 1. The van der Waals surface area contributed by atoms with E-state index < -0.39 is 23.4 Å². The van der Waals surface area contributed by atoms with Crippen LogP contribution >= 0.6 is 0 Å². The van der Waals surface area contributed by atoms with E-state index in [1.54, 1.807) is 0 Å². The van der Waals surface area contributed by atoms with Crippen LogP contribution in [0.15, 0.2) is 24.3 Å². The third-order valence-electron chi connectivity index (χ3n) is 2.57. The van der Waals surface area contributed by atoms with E-state index in [0.29, 0.717) is 0 Å². The quantitative estimate of drug-likeness (QED) is 0.839. The largest absolute Gasteiger partial charge is 0.481 e. The van der Waals surface area contributed by atoms with Gasteiger partial charge in [-0.3, -0.25) is 4.79 Å². The lowest BCUT2D eigenvalue weighted by Gasteiger charge is -2.24. The van der Waals surface area contributed by atoms with Crippen molar-refractivity contribution in [2.45, 2.75) is 19.5 Å². The number of hydrogen-bond donors (Lipinski definition) is 1. The summed E-state index contributed by atoms with van der Waals surface area (Å²) < 4.78 is 26.9. The molecule has 1 N–H and O–H groups in total. The standard InChI is InChI=1S/C11H12F2O2/c1-7(10(14)15)11(2,13)8-4-3-5-9(12)6-8/h3-7H,1-2H3,(H,14,15). The second-order valence-electron chi connectivity index (χ2n) is 3.65. The Morgan fingerprint density at radius 1 is 1.53 bits per heavy atom. The molecule has 0 radical (unpaired) electrons. The van der Waals surface area contributed by atoms with Gasteiger partial charge in [0.1, 0.15) is 11.5 Å². The molecule has 0 saturated carbocycles. The van der Waals surface area contributed by atoms with Gasteiger partial charge in [0.25, 0.3) is 0 Å². The van der Waals surface area contributed by atoms with Gasteiger partial charge in [0.05, 0.1) is 5.92 Å². The van der Waals surface area contributed by atoms with E-state index in [1.165, 1.54) is 25.1 Å². The van der Waals surface area contributed by atoms with Crippen LogP contribution in [-0.2, 0) is 10.5 Å². The highest BCUT2D eigenvalue weighted by Gasteiger charge is 2.37. The molecule has 0 aliphatic rings. The Balaban J connectivity index is 3.10. The molecule has 0 aromatic heterocycles.